The molecule has 0 radical (unpaired) electrons. The Kier molecular flexibility index (Phi) is 6.92. The van der Waals surface area contributed by atoms with Crippen molar-refractivity contribution < 1.29 is 22.3 Å². The van der Waals surface area contributed by atoms with Crippen molar-refractivity contribution in [3.05, 3.63) is 48.3 Å². The smallest absolute Gasteiger partial charge is 0.243 e. The maximum atomic E-state index is 13.1. The molecule has 0 aromatic heterocycles. The highest BCUT2D eigenvalue weighted by Crippen LogP contribution is 2.33. The molecule has 0 saturated carbocycles. The number of hydrogen-bond acceptors (Lipinski definition) is 4. The van der Waals surface area contributed by atoms with E-state index in [2.05, 4.69) is 5.32 Å². The number of hydrogen-bond donors (Lipinski definition) is 1. The summed E-state index contributed by atoms with van der Waals surface area (Å²) in [6, 6.07) is 9.67. The van der Waals surface area contributed by atoms with E-state index in [9.17, 15) is 17.6 Å². The number of amides is 1. The third-order valence-electron chi connectivity index (χ3n) is 3.93. The van der Waals surface area contributed by atoms with Crippen LogP contribution in [0.1, 0.15) is 27.2 Å². The molecule has 27 heavy (non-hydrogen) atoms. The third-order valence-corrected chi connectivity index (χ3v) is 5.98. The number of sulfonamides is 1. The summed E-state index contributed by atoms with van der Waals surface area (Å²) in [5.41, 5.74) is 0.236. The standard InChI is InChI=1S/C19H23FN2O4S/c1-4-19(23)21-17-13-16(27(24,25)22(5-2)6-3)11-12-18(17)26-15-9-7-14(20)8-10-15/h7-13H,4-6H2,1-3H3,(H,21,23). The van der Waals surface area contributed by atoms with Gasteiger partial charge in [0.05, 0.1) is 10.6 Å². The van der Waals surface area contributed by atoms with E-state index in [1.165, 1.54) is 46.8 Å². The highest BCUT2D eigenvalue weighted by atomic mass is 32.2. The van der Waals surface area contributed by atoms with Crippen molar-refractivity contribution in [2.45, 2.75) is 32.1 Å². The van der Waals surface area contributed by atoms with Crippen LogP contribution in [-0.4, -0.2) is 31.7 Å². The molecule has 2 aromatic carbocycles. The lowest BCUT2D eigenvalue weighted by atomic mass is 10.2. The van der Waals surface area contributed by atoms with E-state index in [0.717, 1.165) is 0 Å². The fourth-order valence-electron chi connectivity index (χ4n) is 2.44. The fraction of sp³-hybridized carbons (Fsp3) is 0.316. The summed E-state index contributed by atoms with van der Waals surface area (Å²) in [7, 11) is -3.68. The van der Waals surface area contributed by atoms with Gasteiger partial charge in [-0.2, -0.15) is 4.31 Å². The average molecular weight is 394 g/mol. The third kappa shape index (κ3) is 5.05. The molecule has 0 saturated heterocycles. The van der Waals surface area contributed by atoms with Crippen LogP contribution in [0.2, 0.25) is 0 Å². The van der Waals surface area contributed by atoms with Crippen molar-refractivity contribution >= 4 is 21.6 Å². The molecule has 2 rings (SSSR count). The second kappa shape index (κ2) is 8.96. The minimum atomic E-state index is -3.68. The van der Waals surface area contributed by atoms with Crippen LogP contribution >= 0.6 is 0 Å². The molecule has 8 heteroatoms. The van der Waals surface area contributed by atoms with Gasteiger partial charge in [0.2, 0.25) is 15.9 Å². The summed E-state index contributed by atoms with van der Waals surface area (Å²) >= 11 is 0. The number of anilines is 1. The summed E-state index contributed by atoms with van der Waals surface area (Å²) in [6.07, 6.45) is 0.225. The van der Waals surface area contributed by atoms with E-state index in [1.807, 2.05) is 0 Å². The number of halogens is 1. The maximum absolute atomic E-state index is 13.1. The Morgan fingerprint density at radius 1 is 1.07 bits per heavy atom. The SMILES string of the molecule is CCC(=O)Nc1cc(S(=O)(=O)N(CC)CC)ccc1Oc1ccc(F)cc1. The van der Waals surface area contributed by atoms with Gasteiger partial charge in [-0.25, -0.2) is 12.8 Å². The van der Waals surface area contributed by atoms with Crippen LogP contribution in [0.25, 0.3) is 0 Å². The molecule has 0 atom stereocenters. The zero-order valence-electron chi connectivity index (χ0n) is 15.5. The molecule has 0 aliphatic carbocycles. The van der Waals surface area contributed by atoms with Crippen LogP contribution < -0.4 is 10.1 Å². The molecule has 0 unspecified atom stereocenters. The Hall–Kier alpha value is -2.45. The number of nitrogens with one attached hydrogen (secondary N) is 1. The second-order valence-electron chi connectivity index (χ2n) is 5.71. The van der Waals surface area contributed by atoms with Crippen LogP contribution in [0.5, 0.6) is 11.5 Å². The first-order chi connectivity index (χ1) is 12.8. The van der Waals surface area contributed by atoms with E-state index >= 15 is 0 Å². The molecule has 0 aliphatic heterocycles. The topological polar surface area (TPSA) is 75.7 Å². The Balaban J connectivity index is 2.45. The summed E-state index contributed by atoms with van der Waals surface area (Å²) < 4.78 is 45.6. The summed E-state index contributed by atoms with van der Waals surface area (Å²) in [5.74, 6) is -0.0523. The van der Waals surface area contributed by atoms with Gasteiger partial charge < -0.3 is 10.1 Å². The largest absolute Gasteiger partial charge is 0.455 e. The minimum Gasteiger partial charge on any atom is -0.455 e. The zero-order valence-corrected chi connectivity index (χ0v) is 16.3. The van der Waals surface area contributed by atoms with Crippen molar-refractivity contribution in [2.75, 3.05) is 18.4 Å². The molecule has 1 N–H and O–H groups in total. The molecule has 1 amide bonds. The number of carbonyl (C=O) groups excluding carboxylic acids is 1. The second-order valence-corrected chi connectivity index (χ2v) is 7.64. The first-order valence-corrected chi connectivity index (χ1v) is 10.1. The lowest BCUT2D eigenvalue weighted by Gasteiger charge is -2.20. The molecule has 0 heterocycles. The van der Waals surface area contributed by atoms with Crippen LogP contribution in [-0.2, 0) is 14.8 Å². The van der Waals surface area contributed by atoms with Gasteiger partial charge in [-0.15, -0.1) is 0 Å². The van der Waals surface area contributed by atoms with Gasteiger partial charge in [0, 0.05) is 19.5 Å². The Morgan fingerprint density at radius 3 is 2.26 bits per heavy atom. The number of nitrogens with zero attached hydrogens (tertiary/aromatic N) is 1. The van der Waals surface area contributed by atoms with Crippen molar-refractivity contribution in [3.63, 3.8) is 0 Å². The molecular formula is C19H23FN2O4S. The van der Waals surface area contributed by atoms with Crippen LogP contribution in [0, 0.1) is 5.82 Å². The van der Waals surface area contributed by atoms with Gasteiger partial charge >= 0.3 is 0 Å². The average Bonchev–Trinajstić information content (AvgIpc) is 2.65. The number of ether oxygens (including phenoxy) is 1. The van der Waals surface area contributed by atoms with E-state index in [0.29, 0.717) is 18.8 Å². The number of carbonyl (C=O) groups is 1. The quantitative estimate of drug-likeness (QED) is 0.734. The van der Waals surface area contributed by atoms with Gasteiger partial charge in [0.25, 0.3) is 0 Å². The summed E-state index contributed by atoms with van der Waals surface area (Å²) in [4.78, 5) is 11.9. The van der Waals surface area contributed by atoms with Crippen LogP contribution in [0.3, 0.4) is 0 Å². The van der Waals surface area contributed by atoms with Crippen LogP contribution in [0.15, 0.2) is 47.4 Å². The molecule has 0 bridgehead atoms. The predicted octanol–water partition coefficient (Wildman–Crippen LogP) is 4.00. The number of benzene rings is 2. The molecular weight excluding hydrogens is 371 g/mol. The normalized spacial score (nSPS) is 11.4. The van der Waals surface area contributed by atoms with Crippen molar-refractivity contribution in [2.24, 2.45) is 0 Å². The highest BCUT2D eigenvalue weighted by Gasteiger charge is 2.23. The minimum absolute atomic E-state index is 0.0593. The van der Waals surface area contributed by atoms with E-state index in [1.54, 1.807) is 20.8 Å². The fourth-order valence-corrected chi connectivity index (χ4v) is 3.92. The van der Waals surface area contributed by atoms with Crippen molar-refractivity contribution in [1.29, 1.82) is 0 Å². The Bertz CT molecular complexity index is 894. The van der Waals surface area contributed by atoms with E-state index in [-0.39, 0.29) is 28.7 Å². The van der Waals surface area contributed by atoms with Gasteiger partial charge in [0.1, 0.15) is 11.6 Å². The lowest BCUT2D eigenvalue weighted by molar-refractivity contribution is -0.115. The van der Waals surface area contributed by atoms with E-state index in [4.69, 9.17) is 4.74 Å². The van der Waals surface area contributed by atoms with Gasteiger partial charge in [0.15, 0.2) is 5.75 Å². The van der Waals surface area contributed by atoms with Gasteiger partial charge in [-0.1, -0.05) is 20.8 Å². The molecule has 0 spiro atoms. The number of rotatable bonds is 8. The zero-order chi connectivity index (χ0) is 20.0. The molecule has 6 nitrogen and oxygen atoms in total. The Labute approximate surface area is 159 Å². The van der Waals surface area contributed by atoms with Gasteiger partial charge in [-0.3, -0.25) is 4.79 Å². The van der Waals surface area contributed by atoms with Gasteiger partial charge in [-0.05, 0) is 42.5 Å². The monoisotopic (exact) mass is 394 g/mol. The molecule has 2 aromatic rings. The van der Waals surface area contributed by atoms with Crippen molar-refractivity contribution in [1.82, 2.24) is 4.31 Å². The van der Waals surface area contributed by atoms with Crippen LogP contribution in [0.4, 0.5) is 10.1 Å². The molecule has 0 fully saturated rings. The first-order valence-electron chi connectivity index (χ1n) is 8.69. The summed E-state index contributed by atoms with van der Waals surface area (Å²) in [5, 5.41) is 2.66. The van der Waals surface area contributed by atoms with Crippen molar-refractivity contribution in [3.8, 4) is 11.5 Å². The molecule has 0 aliphatic rings. The van der Waals surface area contributed by atoms with E-state index < -0.39 is 15.8 Å². The predicted molar refractivity (Wildman–Crippen MR) is 102 cm³/mol. The maximum Gasteiger partial charge on any atom is 0.243 e. The first kappa shape index (κ1) is 20.9. The Morgan fingerprint density at radius 2 is 1.70 bits per heavy atom. The molecule has 146 valence electrons. The lowest BCUT2D eigenvalue weighted by Crippen LogP contribution is -2.30. The highest BCUT2D eigenvalue weighted by molar-refractivity contribution is 7.89. The summed E-state index contributed by atoms with van der Waals surface area (Å²) in [6.45, 7) is 5.87.